The van der Waals surface area contributed by atoms with E-state index in [4.69, 9.17) is 27.6 Å². The van der Waals surface area contributed by atoms with Crippen LogP contribution < -0.4 is 0 Å². The fourth-order valence-electron chi connectivity index (χ4n) is 3.91. The first-order valence-corrected chi connectivity index (χ1v) is 14.6. The third-order valence-electron chi connectivity index (χ3n) is 6.80. The van der Waals surface area contributed by atoms with Gasteiger partial charge < -0.3 is 4.43 Å². The molecule has 8 heteroatoms. The summed E-state index contributed by atoms with van der Waals surface area (Å²) in [7, 11) is -1.98. The molecule has 0 heterocycles. The van der Waals surface area contributed by atoms with E-state index in [1.165, 1.54) is 18.2 Å². The van der Waals surface area contributed by atoms with Crippen LogP contribution in [0.15, 0.2) is 36.4 Å². The second-order valence-corrected chi connectivity index (χ2v) is 15.9. The van der Waals surface area contributed by atoms with E-state index in [0.717, 1.165) is 24.0 Å². The van der Waals surface area contributed by atoms with Crippen molar-refractivity contribution in [1.29, 1.82) is 0 Å². The highest BCUT2D eigenvalue weighted by Crippen LogP contribution is 2.44. The molecule has 1 aliphatic rings. The molecule has 0 aromatic heterocycles. The van der Waals surface area contributed by atoms with Gasteiger partial charge in [-0.2, -0.15) is 13.2 Å². The highest BCUT2D eigenvalue weighted by atomic mass is 35.5. The zero-order chi connectivity index (χ0) is 24.8. The van der Waals surface area contributed by atoms with Gasteiger partial charge in [0.15, 0.2) is 14.1 Å². The zero-order valence-electron chi connectivity index (χ0n) is 19.4. The summed E-state index contributed by atoms with van der Waals surface area (Å²) in [5.74, 6) is -2.55. The number of rotatable bonds is 6. The lowest BCUT2D eigenvalue weighted by atomic mass is 9.90. The van der Waals surface area contributed by atoms with Gasteiger partial charge in [0.05, 0.1) is 12.0 Å². The molecule has 1 aliphatic carbocycles. The highest BCUT2D eigenvalue weighted by molar-refractivity contribution is 6.74. The van der Waals surface area contributed by atoms with Crippen LogP contribution in [-0.2, 0) is 10.8 Å². The summed E-state index contributed by atoms with van der Waals surface area (Å²) in [4.78, 5) is 12.9. The van der Waals surface area contributed by atoms with Crippen LogP contribution in [0.4, 0.5) is 13.2 Å². The van der Waals surface area contributed by atoms with Crippen LogP contribution in [0.5, 0.6) is 0 Å². The standard InChI is InChI=1S/C25H29Cl2F3O2Si/c1-24(2,3)33(4,5)32-23-9-7-15-10-16(6-8-20(15)23)22(31)14-21(25(28,29)30)17-11-18(26)13-19(27)12-17/h6,8,10-13,21,23H,7,9,14H2,1-5H3/t21-,23?/m0/s1. The van der Waals surface area contributed by atoms with Crippen molar-refractivity contribution in [2.45, 2.75) is 76.4 Å². The van der Waals surface area contributed by atoms with Gasteiger partial charge in [0.1, 0.15) is 0 Å². The molecule has 0 bridgehead atoms. The van der Waals surface area contributed by atoms with Crippen LogP contribution in [0.1, 0.15) is 72.7 Å². The van der Waals surface area contributed by atoms with Gasteiger partial charge in [-0.15, -0.1) is 0 Å². The highest BCUT2D eigenvalue weighted by Gasteiger charge is 2.43. The Labute approximate surface area is 204 Å². The maximum Gasteiger partial charge on any atom is 0.396 e. The molecule has 3 rings (SSSR count). The maximum absolute atomic E-state index is 13.8. The predicted molar refractivity (Wildman–Crippen MR) is 130 cm³/mol. The second-order valence-electron chi connectivity index (χ2n) is 10.2. The Balaban J connectivity index is 1.82. The lowest BCUT2D eigenvalue weighted by Gasteiger charge is -2.38. The van der Waals surface area contributed by atoms with Gasteiger partial charge in [0, 0.05) is 22.0 Å². The molecule has 180 valence electrons. The van der Waals surface area contributed by atoms with Crippen LogP contribution >= 0.6 is 23.2 Å². The summed E-state index contributed by atoms with van der Waals surface area (Å²) in [6.45, 7) is 10.9. The molecule has 33 heavy (non-hydrogen) atoms. The van der Waals surface area contributed by atoms with E-state index >= 15 is 0 Å². The predicted octanol–water partition coefficient (Wildman–Crippen LogP) is 8.92. The molecular formula is C25H29Cl2F3O2Si. The minimum Gasteiger partial charge on any atom is -0.410 e. The Kier molecular flexibility index (Phi) is 7.45. The van der Waals surface area contributed by atoms with Crippen molar-refractivity contribution in [2.75, 3.05) is 0 Å². The van der Waals surface area contributed by atoms with Gasteiger partial charge in [-0.1, -0.05) is 56.1 Å². The fraction of sp³-hybridized carbons (Fsp3) is 0.480. The number of halogens is 5. The van der Waals surface area contributed by atoms with Gasteiger partial charge in [-0.3, -0.25) is 4.79 Å². The average molecular weight is 517 g/mol. The molecule has 0 amide bonds. The normalized spacial score (nSPS) is 17.7. The van der Waals surface area contributed by atoms with Crippen molar-refractivity contribution in [3.63, 3.8) is 0 Å². The smallest absolute Gasteiger partial charge is 0.396 e. The number of aryl methyl sites for hydroxylation is 1. The first-order valence-electron chi connectivity index (χ1n) is 10.9. The molecular weight excluding hydrogens is 488 g/mol. The molecule has 2 nitrogen and oxygen atoms in total. The number of hydrogen-bond donors (Lipinski definition) is 0. The zero-order valence-corrected chi connectivity index (χ0v) is 22.0. The minimum absolute atomic E-state index is 0.0402. The van der Waals surface area contributed by atoms with Crippen LogP contribution in [0.25, 0.3) is 0 Å². The van der Waals surface area contributed by atoms with Crippen LogP contribution in [0, 0.1) is 0 Å². The third kappa shape index (κ3) is 6.02. The summed E-state index contributed by atoms with van der Waals surface area (Å²) in [5, 5.41) is 0.274. The van der Waals surface area contributed by atoms with E-state index in [0.29, 0.717) is 0 Å². The molecule has 2 aromatic rings. The molecule has 1 unspecified atom stereocenters. The van der Waals surface area contributed by atoms with Crippen molar-refractivity contribution in [2.24, 2.45) is 0 Å². The summed E-state index contributed by atoms with van der Waals surface area (Å²) < 4.78 is 48.0. The first kappa shape index (κ1) is 26.3. The van der Waals surface area contributed by atoms with Crippen LogP contribution in [0.3, 0.4) is 0 Å². The lowest BCUT2D eigenvalue weighted by molar-refractivity contribution is -0.149. The number of fused-ring (bicyclic) bond motifs is 1. The summed E-state index contributed by atoms with van der Waals surface area (Å²) in [5.41, 5.74) is 2.17. The molecule has 2 aromatic carbocycles. The summed E-state index contributed by atoms with van der Waals surface area (Å²) in [6.07, 6.45) is -3.80. The second kappa shape index (κ2) is 9.37. The van der Waals surface area contributed by atoms with E-state index in [1.54, 1.807) is 12.1 Å². The van der Waals surface area contributed by atoms with E-state index in [2.05, 4.69) is 33.9 Å². The Morgan fingerprint density at radius 2 is 1.70 bits per heavy atom. The van der Waals surface area contributed by atoms with Crippen molar-refractivity contribution in [3.8, 4) is 0 Å². The summed E-state index contributed by atoms with van der Waals surface area (Å²) >= 11 is 11.8. The molecule has 0 spiro atoms. The van der Waals surface area contributed by atoms with Gasteiger partial charge >= 0.3 is 6.18 Å². The number of carbonyl (C=O) groups is 1. The Morgan fingerprint density at radius 3 is 2.24 bits per heavy atom. The number of Topliss-reactive ketones (excluding diaryl/α,β-unsaturated/α-hetero) is 1. The largest absolute Gasteiger partial charge is 0.410 e. The van der Waals surface area contributed by atoms with Gasteiger partial charge in [0.25, 0.3) is 0 Å². The molecule has 0 saturated carbocycles. The third-order valence-corrected chi connectivity index (χ3v) is 11.7. The van der Waals surface area contributed by atoms with Gasteiger partial charge in [-0.05, 0) is 71.9 Å². The average Bonchev–Trinajstić information content (AvgIpc) is 3.04. The minimum atomic E-state index is -4.61. The Bertz CT molecular complexity index is 1020. The van der Waals surface area contributed by atoms with E-state index < -0.39 is 32.6 Å². The van der Waals surface area contributed by atoms with Crippen molar-refractivity contribution in [3.05, 3.63) is 68.7 Å². The quantitative estimate of drug-likeness (QED) is 0.283. The van der Waals surface area contributed by atoms with Crippen molar-refractivity contribution >= 4 is 37.3 Å². The SMILES string of the molecule is CC(C)(C)[Si](C)(C)OC1CCc2cc(C(=O)C[C@@H](c3cc(Cl)cc(Cl)c3)C(F)(F)F)ccc21. The van der Waals surface area contributed by atoms with Gasteiger partial charge in [0.2, 0.25) is 0 Å². The van der Waals surface area contributed by atoms with E-state index in [9.17, 15) is 18.0 Å². The Morgan fingerprint density at radius 1 is 1.09 bits per heavy atom. The van der Waals surface area contributed by atoms with Crippen LogP contribution in [-0.4, -0.2) is 20.3 Å². The number of carbonyl (C=O) groups excluding carboxylic acids is 1. The Hall–Kier alpha value is -1.34. The first-order chi connectivity index (χ1) is 15.1. The number of alkyl halides is 3. The molecule has 2 atom stereocenters. The van der Waals surface area contributed by atoms with Crippen molar-refractivity contribution < 1.29 is 22.4 Å². The lowest BCUT2D eigenvalue weighted by Crippen LogP contribution is -2.41. The number of ketones is 1. The van der Waals surface area contributed by atoms with Crippen LogP contribution in [0.2, 0.25) is 28.2 Å². The molecule has 0 saturated heterocycles. The van der Waals surface area contributed by atoms with E-state index in [-0.39, 0.29) is 32.3 Å². The number of hydrogen-bond acceptors (Lipinski definition) is 2. The molecule has 0 aliphatic heterocycles. The monoisotopic (exact) mass is 516 g/mol. The summed E-state index contributed by atoms with van der Waals surface area (Å²) in [6, 6.07) is 8.98. The van der Waals surface area contributed by atoms with Crippen molar-refractivity contribution in [1.82, 2.24) is 0 Å². The molecule has 0 N–H and O–H groups in total. The molecule has 0 fully saturated rings. The molecule has 0 radical (unpaired) electrons. The van der Waals surface area contributed by atoms with E-state index in [1.807, 2.05) is 6.07 Å². The maximum atomic E-state index is 13.8. The van der Waals surface area contributed by atoms with Gasteiger partial charge in [-0.25, -0.2) is 0 Å². The topological polar surface area (TPSA) is 26.3 Å². The number of benzene rings is 2. The fourth-order valence-corrected chi connectivity index (χ4v) is 5.76.